The van der Waals surface area contributed by atoms with E-state index in [9.17, 15) is 0 Å². The average molecular weight is 670 g/mol. The Morgan fingerprint density at radius 3 is 1.50 bits per heavy atom. The maximum Gasteiger partial charge on any atom is 0.0714 e. The van der Waals surface area contributed by atoms with Gasteiger partial charge in [0.05, 0.1) is 5.41 Å². The van der Waals surface area contributed by atoms with E-state index < -0.39 is 5.41 Å². The third kappa shape index (κ3) is 5.79. The number of nitrogens with zero attached hydrogens (tertiary/aromatic N) is 1. The molecule has 7 aromatic carbocycles. The monoisotopic (exact) mass is 669 g/mol. The van der Waals surface area contributed by atoms with Crippen molar-refractivity contribution in [3.05, 3.63) is 234 Å². The number of fused-ring (bicyclic) bond motifs is 3. The highest BCUT2D eigenvalue weighted by Crippen LogP contribution is 2.57. The van der Waals surface area contributed by atoms with Gasteiger partial charge in [-0.1, -0.05) is 184 Å². The zero-order chi connectivity index (χ0) is 35.3. The van der Waals surface area contributed by atoms with Crippen LogP contribution in [-0.4, -0.2) is 0 Å². The first-order valence-electron chi connectivity index (χ1n) is 18.6. The Morgan fingerprint density at radius 1 is 0.404 bits per heavy atom. The van der Waals surface area contributed by atoms with Crippen molar-refractivity contribution < 1.29 is 0 Å². The molecule has 0 unspecified atom stereocenters. The van der Waals surface area contributed by atoms with Crippen LogP contribution < -0.4 is 4.90 Å². The van der Waals surface area contributed by atoms with Gasteiger partial charge in [-0.25, -0.2) is 0 Å². The molecular formula is C51H43N. The van der Waals surface area contributed by atoms with Crippen LogP contribution in [0.15, 0.2) is 206 Å². The van der Waals surface area contributed by atoms with E-state index in [0.29, 0.717) is 0 Å². The summed E-state index contributed by atoms with van der Waals surface area (Å²) in [6.07, 6.45) is 6.59. The summed E-state index contributed by atoms with van der Waals surface area (Å²) in [4.78, 5) is 2.48. The second-order valence-corrected chi connectivity index (χ2v) is 13.2. The molecule has 0 spiro atoms. The molecule has 0 N–H and O–H groups in total. The molecule has 9 rings (SSSR count). The van der Waals surface area contributed by atoms with E-state index in [4.69, 9.17) is 0 Å². The van der Waals surface area contributed by atoms with Crippen molar-refractivity contribution in [2.45, 2.75) is 32.1 Å². The second-order valence-electron chi connectivity index (χ2n) is 13.2. The summed E-state index contributed by atoms with van der Waals surface area (Å²) in [6.45, 7) is 4.00. The normalized spacial score (nSPS) is 13.8. The van der Waals surface area contributed by atoms with E-state index in [2.05, 4.69) is 205 Å². The van der Waals surface area contributed by atoms with Gasteiger partial charge >= 0.3 is 0 Å². The molecule has 0 aliphatic heterocycles. The first-order valence-corrected chi connectivity index (χ1v) is 18.6. The number of hydrogen-bond acceptors (Lipinski definition) is 1. The minimum atomic E-state index is -0.450. The zero-order valence-corrected chi connectivity index (χ0v) is 29.9. The molecule has 0 radical (unpaired) electrons. The van der Waals surface area contributed by atoms with E-state index >= 15 is 0 Å². The average Bonchev–Trinajstić information content (AvgIpc) is 3.54. The molecule has 1 nitrogen and oxygen atoms in total. The highest BCUT2D eigenvalue weighted by Gasteiger charge is 2.46. The van der Waals surface area contributed by atoms with Gasteiger partial charge in [-0.15, -0.1) is 0 Å². The van der Waals surface area contributed by atoms with Gasteiger partial charge in [-0.3, -0.25) is 0 Å². The van der Waals surface area contributed by atoms with Gasteiger partial charge < -0.3 is 4.90 Å². The Bertz CT molecular complexity index is 2300. The predicted molar refractivity (Wildman–Crippen MR) is 221 cm³/mol. The SMILES string of the molecule is C1=C(c2ccccc2)CCC(N(c2ccc(-c3ccccc3)cc2)c2ccc3c(c2)C(c2ccccc2)(c2ccccc2)c2ccccc2-3)=C1.CC. The fourth-order valence-electron chi connectivity index (χ4n) is 8.19. The fraction of sp³-hybridized carbons (Fsp3) is 0.0980. The summed E-state index contributed by atoms with van der Waals surface area (Å²) >= 11 is 0. The lowest BCUT2D eigenvalue weighted by Gasteiger charge is -2.35. The summed E-state index contributed by atoms with van der Waals surface area (Å²) in [5, 5.41) is 0. The maximum absolute atomic E-state index is 2.48. The quantitative estimate of drug-likeness (QED) is 0.163. The van der Waals surface area contributed by atoms with Gasteiger partial charge in [0.15, 0.2) is 0 Å². The summed E-state index contributed by atoms with van der Waals surface area (Å²) in [7, 11) is 0. The minimum Gasteiger partial charge on any atom is -0.314 e. The molecule has 0 heterocycles. The molecule has 7 aromatic rings. The second kappa shape index (κ2) is 14.6. The first kappa shape index (κ1) is 33.0. The van der Waals surface area contributed by atoms with Crippen molar-refractivity contribution in [3.63, 3.8) is 0 Å². The van der Waals surface area contributed by atoms with Crippen LogP contribution >= 0.6 is 0 Å². The number of anilines is 2. The molecule has 0 amide bonds. The van der Waals surface area contributed by atoms with Crippen LogP contribution in [0.5, 0.6) is 0 Å². The van der Waals surface area contributed by atoms with Crippen molar-refractivity contribution in [1.82, 2.24) is 0 Å². The summed E-state index contributed by atoms with van der Waals surface area (Å²) < 4.78 is 0. The van der Waals surface area contributed by atoms with E-state index in [0.717, 1.165) is 18.5 Å². The molecule has 1 heteroatoms. The molecule has 52 heavy (non-hydrogen) atoms. The standard InChI is InChI=1S/C49H37N.C2H6/c1-5-15-36(16-6-1)38-25-29-42(30-26-38)50(43-31-27-39(28-32-43)37-17-7-2-8-18-37)44-33-34-46-45-23-13-14-24-47(45)49(48(46)35-44,40-19-9-3-10-20-40)41-21-11-4-12-22-41;1-2/h1-27,29-31,33-35H,28,32H2;1-2H3. The highest BCUT2D eigenvalue weighted by atomic mass is 15.1. The predicted octanol–water partition coefficient (Wildman–Crippen LogP) is 13.6. The lowest BCUT2D eigenvalue weighted by molar-refractivity contribution is 0.768. The molecule has 0 saturated heterocycles. The fourth-order valence-corrected chi connectivity index (χ4v) is 8.19. The molecule has 2 aliphatic rings. The van der Waals surface area contributed by atoms with Gasteiger partial charge in [0.25, 0.3) is 0 Å². The first-order chi connectivity index (χ1) is 25.8. The van der Waals surface area contributed by atoms with Crippen LogP contribution in [0, 0.1) is 0 Å². The Labute approximate surface area is 308 Å². The Balaban J connectivity index is 0.00000190. The van der Waals surface area contributed by atoms with Crippen molar-refractivity contribution in [1.29, 1.82) is 0 Å². The largest absolute Gasteiger partial charge is 0.314 e. The van der Waals surface area contributed by atoms with Crippen molar-refractivity contribution in [2.24, 2.45) is 0 Å². The summed E-state index contributed by atoms with van der Waals surface area (Å²) in [5.74, 6) is 0. The molecule has 0 atom stereocenters. The molecular weight excluding hydrogens is 627 g/mol. The Morgan fingerprint density at radius 2 is 0.904 bits per heavy atom. The van der Waals surface area contributed by atoms with Crippen molar-refractivity contribution in [3.8, 4) is 22.3 Å². The summed E-state index contributed by atoms with van der Waals surface area (Å²) in [6, 6.07) is 68.8. The molecule has 0 saturated carbocycles. The third-order valence-electron chi connectivity index (χ3n) is 10.5. The van der Waals surface area contributed by atoms with Gasteiger partial charge in [0, 0.05) is 17.1 Å². The van der Waals surface area contributed by atoms with E-state index in [1.165, 1.54) is 67.0 Å². The maximum atomic E-state index is 2.48. The van der Waals surface area contributed by atoms with Gasteiger partial charge in [0.1, 0.15) is 0 Å². The number of hydrogen-bond donors (Lipinski definition) is 0. The smallest absolute Gasteiger partial charge is 0.0714 e. The molecule has 0 fully saturated rings. The topological polar surface area (TPSA) is 3.24 Å². The van der Waals surface area contributed by atoms with Crippen molar-refractivity contribution >= 4 is 16.9 Å². The third-order valence-corrected chi connectivity index (χ3v) is 10.5. The van der Waals surface area contributed by atoms with Gasteiger partial charge in [0.2, 0.25) is 0 Å². The molecule has 2 aliphatic carbocycles. The Hall–Kier alpha value is -6.18. The van der Waals surface area contributed by atoms with E-state index in [-0.39, 0.29) is 0 Å². The van der Waals surface area contributed by atoms with Gasteiger partial charge in [-0.05, 0) is 98.8 Å². The summed E-state index contributed by atoms with van der Waals surface area (Å²) in [5.41, 5.74) is 16.1. The van der Waals surface area contributed by atoms with Crippen LogP contribution in [0.4, 0.5) is 11.4 Å². The lowest BCUT2D eigenvalue weighted by Crippen LogP contribution is -2.29. The molecule has 252 valence electrons. The number of benzene rings is 7. The van der Waals surface area contributed by atoms with Crippen LogP contribution in [0.3, 0.4) is 0 Å². The van der Waals surface area contributed by atoms with Crippen LogP contribution in [-0.2, 0) is 5.41 Å². The van der Waals surface area contributed by atoms with E-state index in [1.54, 1.807) is 0 Å². The zero-order valence-electron chi connectivity index (χ0n) is 29.9. The number of rotatable bonds is 7. The minimum absolute atomic E-state index is 0.450. The van der Waals surface area contributed by atoms with Crippen LogP contribution in [0.2, 0.25) is 0 Å². The number of allylic oxidation sites excluding steroid dienone is 4. The lowest BCUT2D eigenvalue weighted by atomic mass is 9.67. The van der Waals surface area contributed by atoms with Crippen LogP contribution in [0.1, 0.15) is 54.5 Å². The molecule has 0 aromatic heterocycles. The van der Waals surface area contributed by atoms with Crippen molar-refractivity contribution in [2.75, 3.05) is 4.90 Å². The van der Waals surface area contributed by atoms with Gasteiger partial charge in [-0.2, -0.15) is 0 Å². The molecule has 0 bridgehead atoms. The van der Waals surface area contributed by atoms with E-state index in [1.807, 2.05) is 13.8 Å². The van der Waals surface area contributed by atoms with Crippen LogP contribution in [0.25, 0.3) is 27.8 Å². The Kier molecular flexibility index (Phi) is 9.25. The highest BCUT2D eigenvalue weighted by molar-refractivity contribution is 5.89.